The number of rotatable bonds is 1. The first-order chi connectivity index (χ1) is 5.93. The van der Waals surface area contributed by atoms with Crippen LogP contribution in [0.1, 0.15) is 32.5 Å². The van der Waals surface area contributed by atoms with E-state index in [1.807, 2.05) is 20.8 Å². The zero-order valence-electron chi connectivity index (χ0n) is 8.72. The van der Waals surface area contributed by atoms with Gasteiger partial charge in [0.2, 0.25) is 0 Å². The van der Waals surface area contributed by atoms with Crippen molar-refractivity contribution < 1.29 is 6.17 Å². The minimum absolute atomic E-state index is 0.0260. The van der Waals surface area contributed by atoms with Crippen molar-refractivity contribution in [2.45, 2.75) is 20.8 Å². The van der Waals surface area contributed by atoms with Crippen molar-refractivity contribution in [3.8, 4) is 0 Å². The van der Waals surface area contributed by atoms with Gasteiger partial charge in [-0.15, -0.1) is 0 Å². The molecule has 0 aliphatic carbocycles. The Hall–Kier alpha value is -1.11. The van der Waals surface area contributed by atoms with Crippen molar-refractivity contribution in [3.05, 3.63) is 35.9 Å². The van der Waals surface area contributed by atoms with Crippen molar-refractivity contribution >= 4 is 5.78 Å². The highest BCUT2D eigenvalue weighted by Crippen LogP contribution is 2.19. The third-order valence-corrected chi connectivity index (χ3v) is 1.63. The summed E-state index contributed by atoms with van der Waals surface area (Å²) in [6, 6.07) is 7.20. The van der Waals surface area contributed by atoms with Crippen LogP contribution < -0.4 is 0 Å². The monoisotopic (exact) mass is 163 g/mol. The summed E-state index contributed by atoms with van der Waals surface area (Å²) in [7, 11) is 0. The van der Waals surface area contributed by atoms with Crippen LogP contribution in [-0.2, 0) is 0 Å². The van der Waals surface area contributed by atoms with Gasteiger partial charge in [0, 0.05) is 11.0 Å². The molecule has 0 aliphatic heterocycles. The molecule has 0 heterocycles. The van der Waals surface area contributed by atoms with Gasteiger partial charge in [-0.3, -0.25) is 4.79 Å². The first-order valence-corrected chi connectivity index (χ1v) is 4.03. The number of benzene rings is 1. The summed E-state index contributed by atoms with van der Waals surface area (Å²) in [4.78, 5) is 11.8. The minimum Gasteiger partial charge on any atom is -0.294 e. The van der Waals surface area contributed by atoms with Crippen LogP contribution in [0.2, 0.25) is 0 Å². The molecule has 1 rings (SSSR count). The molecule has 0 N–H and O–H groups in total. The molecule has 0 bridgehead atoms. The molecule has 0 aliphatic rings. The van der Waals surface area contributed by atoms with Crippen molar-refractivity contribution in [3.63, 3.8) is 0 Å². The number of hydrogen-bond donors (Lipinski definition) is 0. The molecule has 0 saturated heterocycles. The summed E-state index contributed by atoms with van der Waals surface area (Å²) >= 11 is 0. The Bertz CT molecular complexity index is 323. The smallest absolute Gasteiger partial charge is 0.168 e. The highest BCUT2D eigenvalue weighted by molar-refractivity contribution is 5.99. The summed E-state index contributed by atoms with van der Waals surface area (Å²) in [5.41, 5.74) is 0.104. The summed E-state index contributed by atoms with van der Waals surface area (Å²) in [5, 5.41) is 0. The molecule has 0 amide bonds. The lowest BCUT2D eigenvalue weighted by molar-refractivity contribution is 0.0858. The summed E-state index contributed by atoms with van der Waals surface area (Å²) in [6.07, 6.45) is 0. The van der Waals surface area contributed by atoms with Gasteiger partial charge in [0.05, 0.1) is 1.37 Å². The standard InChI is InChI=1S/C11H14O/c1-11(2,3)10(12)9-7-5-4-6-8-9/h4-8H,1-3H3/i7D. The minimum atomic E-state index is -0.406. The van der Waals surface area contributed by atoms with Crippen LogP contribution in [0, 0.1) is 5.41 Å². The fraction of sp³-hybridized carbons (Fsp3) is 0.364. The molecule has 1 aromatic rings. The van der Waals surface area contributed by atoms with Gasteiger partial charge in [-0.25, -0.2) is 0 Å². The predicted octanol–water partition coefficient (Wildman–Crippen LogP) is 2.92. The zero-order valence-corrected chi connectivity index (χ0v) is 7.72. The summed E-state index contributed by atoms with van der Waals surface area (Å²) < 4.78 is 7.56. The highest BCUT2D eigenvalue weighted by atomic mass is 16.1. The number of carbonyl (C=O) groups is 1. The second-order valence-corrected chi connectivity index (χ2v) is 3.86. The van der Waals surface area contributed by atoms with Crippen molar-refractivity contribution in [2.24, 2.45) is 5.41 Å². The molecule has 0 saturated carbocycles. The molecule has 0 aromatic heterocycles. The van der Waals surface area contributed by atoms with Gasteiger partial charge in [0.1, 0.15) is 0 Å². The zero-order chi connectivity index (χ0) is 10.1. The molecule has 0 fully saturated rings. The van der Waals surface area contributed by atoms with Gasteiger partial charge < -0.3 is 0 Å². The molecule has 0 radical (unpaired) electrons. The molecular weight excluding hydrogens is 148 g/mol. The number of carbonyl (C=O) groups excluding carboxylic acids is 1. The van der Waals surface area contributed by atoms with Gasteiger partial charge in [-0.2, -0.15) is 0 Å². The lowest BCUT2D eigenvalue weighted by Crippen LogP contribution is -2.19. The van der Waals surface area contributed by atoms with E-state index in [1.54, 1.807) is 24.3 Å². The highest BCUT2D eigenvalue weighted by Gasteiger charge is 2.21. The molecule has 1 nitrogen and oxygen atoms in total. The number of Topliss-reactive ketones (excluding diaryl/α,β-unsaturated/α-hetero) is 1. The van der Waals surface area contributed by atoms with E-state index in [-0.39, 0.29) is 5.78 Å². The fourth-order valence-electron chi connectivity index (χ4n) is 0.939. The van der Waals surface area contributed by atoms with Crippen LogP contribution in [0.5, 0.6) is 0 Å². The van der Waals surface area contributed by atoms with E-state index < -0.39 is 5.41 Å². The van der Waals surface area contributed by atoms with Gasteiger partial charge in [0.15, 0.2) is 5.78 Å². The average Bonchev–Trinajstić information content (AvgIpc) is 2.02. The first kappa shape index (κ1) is 7.53. The topological polar surface area (TPSA) is 17.1 Å². The van der Waals surface area contributed by atoms with Gasteiger partial charge >= 0.3 is 0 Å². The Labute approximate surface area is 74.8 Å². The molecular formula is C11H14O. The Morgan fingerprint density at radius 1 is 1.33 bits per heavy atom. The van der Waals surface area contributed by atoms with Gasteiger partial charge in [0.25, 0.3) is 0 Å². The van der Waals surface area contributed by atoms with E-state index in [9.17, 15) is 4.79 Å². The molecule has 12 heavy (non-hydrogen) atoms. The van der Waals surface area contributed by atoms with Gasteiger partial charge in [-0.05, 0) is 0 Å². The van der Waals surface area contributed by atoms with E-state index in [1.165, 1.54) is 0 Å². The van der Waals surface area contributed by atoms with E-state index in [2.05, 4.69) is 0 Å². The van der Waals surface area contributed by atoms with Crippen LogP contribution in [0.25, 0.3) is 0 Å². The van der Waals surface area contributed by atoms with E-state index in [4.69, 9.17) is 1.37 Å². The normalized spacial score (nSPS) is 12.4. The van der Waals surface area contributed by atoms with Crippen LogP contribution in [0.4, 0.5) is 0 Å². The SMILES string of the molecule is [2H]c1ccccc1C(=O)C(C)(C)C. The average molecular weight is 163 g/mol. The Morgan fingerprint density at radius 3 is 2.50 bits per heavy atom. The second kappa shape index (κ2) is 3.10. The van der Waals surface area contributed by atoms with Gasteiger partial charge in [-0.1, -0.05) is 51.1 Å². The maximum Gasteiger partial charge on any atom is 0.168 e. The third-order valence-electron chi connectivity index (χ3n) is 1.63. The number of ketones is 1. The van der Waals surface area contributed by atoms with Crippen molar-refractivity contribution in [2.75, 3.05) is 0 Å². The van der Waals surface area contributed by atoms with Crippen molar-refractivity contribution in [1.82, 2.24) is 0 Å². The molecule has 0 unspecified atom stereocenters. The molecule has 1 aromatic carbocycles. The maximum absolute atomic E-state index is 11.8. The summed E-state index contributed by atoms with van der Waals surface area (Å²) in [5.74, 6) is 0.0260. The third kappa shape index (κ3) is 1.94. The summed E-state index contributed by atoms with van der Waals surface area (Å²) in [6.45, 7) is 5.59. The molecule has 64 valence electrons. The molecule has 0 atom stereocenters. The molecule has 0 spiro atoms. The van der Waals surface area contributed by atoms with Crippen LogP contribution in [0.15, 0.2) is 30.3 Å². The van der Waals surface area contributed by atoms with E-state index in [0.717, 1.165) is 0 Å². The molecule has 1 heteroatoms. The first-order valence-electron chi connectivity index (χ1n) is 4.53. The van der Waals surface area contributed by atoms with E-state index >= 15 is 0 Å². The van der Waals surface area contributed by atoms with Crippen LogP contribution >= 0.6 is 0 Å². The fourth-order valence-corrected chi connectivity index (χ4v) is 0.939. The Balaban J connectivity index is 3.10. The predicted molar refractivity (Wildman–Crippen MR) is 50.2 cm³/mol. The lowest BCUT2D eigenvalue weighted by atomic mass is 9.87. The quantitative estimate of drug-likeness (QED) is 0.582. The van der Waals surface area contributed by atoms with Crippen molar-refractivity contribution in [1.29, 1.82) is 0 Å². The number of hydrogen-bond acceptors (Lipinski definition) is 1. The Morgan fingerprint density at radius 2 is 2.00 bits per heavy atom. The second-order valence-electron chi connectivity index (χ2n) is 3.86. The maximum atomic E-state index is 11.8. The van der Waals surface area contributed by atoms with E-state index in [0.29, 0.717) is 11.6 Å². The van der Waals surface area contributed by atoms with Crippen LogP contribution in [-0.4, -0.2) is 5.78 Å². The van der Waals surface area contributed by atoms with Crippen LogP contribution in [0.3, 0.4) is 0 Å². The Kier molecular flexibility index (Phi) is 1.94. The lowest BCUT2D eigenvalue weighted by Gasteiger charge is -2.16. The largest absolute Gasteiger partial charge is 0.294 e.